The van der Waals surface area contributed by atoms with E-state index >= 15 is 0 Å². The maximum absolute atomic E-state index is 14.1. The molecule has 0 bridgehead atoms. The molecule has 3 rings (SSSR count). The number of benzene rings is 2. The van der Waals surface area contributed by atoms with E-state index in [-0.39, 0.29) is 18.7 Å². The van der Waals surface area contributed by atoms with Crippen molar-refractivity contribution in [3.05, 3.63) is 65.7 Å². The van der Waals surface area contributed by atoms with Gasteiger partial charge in [-0.2, -0.15) is 0 Å². The van der Waals surface area contributed by atoms with E-state index in [1.54, 1.807) is 24.3 Å². The normalized spacial score (nSPS) is 19.9. The number of carbonyl (C=O) groups is 2. The number of rotatable bonds is 5. The lowest BCUT2D eigenvalue weighted by Crippen LogP contribution is -2.42. The number of para-hydroxylation sites is 1. The first-order chi connectivity index (χ1) is 11.9. The molecule has 3 amide bonds. The van der Waals surface area contributed by atoms with Crippen molar-refractivity contribution in [2.75, 3.05) is 13.2 Å². The Hall–Kier alpha value is -2.96. The second-order valence-corrected chi connectivity index (χ2v) is 5.80. The van der Waals surface area contributed by atoms with Crippen LogP contribution in [0.5, 0.6) is 5.75 Å². The Bertz CT molecular complexity index is 813. The van der Waals surface area contributed by atoms with Gasteiger partial charge in [0.05, 0.1) is 6.54 Å². The summed E-state index contributed by atoms with van der Waals surface area (Å²) < 4.78 is 33.0. The molecule has 0 aliphatic carbocycles. The largest absolute Gasteiger partial charge is 0.492 e. The SMILES string of the molecule is C[C@@]1(c2cc(F)ccc2F)NC(=O)N(CCOc2ccccc2)C1=O. The molecule has 0 aromatic heterocycles. The molecular formula is C18H16F2N2O3. The lowest BCUT2D eigenvalue weighted by molar-refractivity contribution is -0.131. The van der Waals surface area contributed by atoms with E-state index in [1.807, 2.05) is 6.07 Å². The lowest BCUT2D eigenvalue weighted by atomic mass is 9.91. The zero-order valence-electron chi connectivity index (χ0n) is 13.5. The maximum atomic E-state index is 14.1. The number of urea groups is 1. The molecule has 1 atom stereocenters. The van der Waals surface area contributed by atoms with Crippen molar-refractivity contribution < 1.29 is 23.1 Å². The first kappa shape index (κ1) is 16.9. The number of amides is 3. The Morgan fingerprint density at radius 2 is 1.84 bits per heavy atom. The second-order valence-electron chi connectivity index (χ2n) is 5.80. The summed E-state index contributed by atoms with van der Waals surface area (Å²) >= 11 is 0. The highest BCUT2D eigenvalue weighted by atomic mass is 19.1. The van der Waals surface area contributed by atoms with E-state index in [0.717, 1.165) is 23.1 Å². The summed E-state index contributed by atoms with van der Waals surface area (Å²) in [6.07, 6.45) is 0. The highest BCUT2D eigenvalue weighted by Gasteiger charge is 2.50. The molecule has 0 radical (unpaired) electrons. The highest BCUT2D eigenvalue weighted by Crippen LogP contribution is 2.31. The fourth-order valence-electron chi connectivity index (χ4n) is 2.73. The molecule has 130 valence electrons. The molecule has 0 saturated carbocycles. The third-order valence-electron chi connectivity index (χ3n) is 4.07. The molecule has 2 aromatic rings. The minimum atomic E-state index is -1.66. The summed E-state index contributed by atoms with van der Waals surface area (Å²) in [6.45, 7) is 1.43. The van der Waals surface area contributed by atoms with Gasteiger partial charge in [-0.15, -0.1) is 0 Å². The molecule has 1 N–H and O–H groups in total. The maximum Gasteiger partial charge on any atom is 0.325 e. The van der Waals surface area contributed by atoms with Crippen molar-refractivity contribution in [3.63, 3.8) is 0 Å². The van der Waals surface area contributed by atoms with Crippen LogP contribution in [0, 0.1) is 11.6 Å². The smallest absolute Gasteiger partial charge is 0.325 e. The first-order valence-electron chi connectivity index (χ1n) is 7.69. The third kappa shape index (κ3) is 3.17. The van der Waals surface area contributed by atoms with Gasteiger partial charge in [0.1, 0.15) is 29.5 Å². The van der Waals surface area contributed by atoms with Crippen LogP contribution in [0.3, 0.4) is 0 Å². The van der Waals surface area contributed by atoms with Gasteiger partial charge in [-0.25, -0.2) is 13.6 Å². The summed E-state index contributed by atoms with van der Waals surface area (Å²) in [7, 11) is 0. The molecule has 1 aliphatic heterocycles. The summed E-state index contributed by atoms with van der Waals surface area (Å²) in [5, 5.41) is 2.44. The number of hydrogen-bond donors (Lipinski definition) is 1. The molecule has 1 fully saturated rings. The molecule has 25 heavy (non-hydrogen) atoms. The number of nitrogens with one attached hydrogen (secondary N) is 1. The summed E-state index contributed by atoms with van der Waals surface area (Å²) in [5.41, 5.74) is -1.87. The first-order valence-corrected chi connectivity index (χ1v) is 7.69. The lowest BCUT2D eigenvalue weighted by Gasteiger charge is -2.22. The van der Waals surface area contributed by atoms with Gasteiger partial charge in [-0.05, 0) is 37.3 Å². The fraction of sp³-hybridized carbons (Fsp3) is 0.222. The Kier molecular flexibility index (Phi) is 4.39. The number of ether oxygens (including phenoxy) is 1. The van der Waals surface area contributed by atoms with Crippen LogP contribution < -0.4 is 10.1 Å². The van der Waals surface area contributed by atoms with Crippen LogP contribution in [0.15, 0.2) is 48.5 Å². The van der Waals surface area contributed by atoms with E-state index < -0.39 is 29.1 Å². The molecule has 2 aromatic carbocycles. The van der Waals surface area contributed by atoms with Crippen molar-refractivity contribution in [3.8, 4) is 5.75 Å². The van der Waals surface area contributed by atoms with Crippen molar-refractivity contribution in [2.24, 2.45) is 0 Å². The average Bonchev–Trinajstić information content (AvgIpc) is 2.82. The van der Waals surface area contributed by atoms with E-state index in [4.69, 9.17) is 4.74 Å². The monoisotopic (exact) mass is 346 g/mol. The van der Waals surface area contributed by atoms with Gasteiger partial charge in [0.25, 0.3) is 5.91 Å². The van der Waals surface area contributed by atoms with Gasteiger partial charge in [-0.3, -0.25) is 9.69 Å². The van der Waals surface area contributed by atoms with E-state index in [0.29, 0.717) is 5.75 Å². The standard InChI is InChI=1S/C18H16F2N2O3/c1-18(14-11-12(19)7-8-15(14)20)16(23)22(17(24)21-18)9-10-25-13-5-3-2-4-6-13/h2-8,11H,9-10H2,1H3,(H,21,24)/t18-/m0/s1. The molecule has 1 aliphatic rings. The van der Waals surface area contributed by atoms with Crippen LogP contribution >= 0.6 is 0 Å². The molecule has 0 spiro atoms. The zero-order valence-corrected chi connectivity index (χ0v) is 13.5. The molecular weight excluding hydrogens is 330 g/mol. The van der Waals surface area contributed by atoms with Gasteiger partial charge in [-0.1, -0.05) is 18.2 Å². The molecule has 1 saturated heterocycles. The molecule has 7 heteroatoms. The Morgan fingerprint density at radius 3 is 2.56 bits per heavy atom. The summed E-state index contributed by atoms with van der Waals surface area (Å²) in [4.78, 5) is 25.7. The number of nitrogens with zero attached hydrogens (tertiary/aromatic N) is 1. The van der Waals surface area contributed by atoms with Crippen molar-refractivity contribution in [2.45, 2.75) is 12.5 Å². The van der Waals surface area contributed by atoms with Gasteiger partial charge >= 0.3 is 6.03 Å². The van der Waals surface area contributed by atoms with Crippen molar-refractivity contribution in [1.29, 1.82) is 0 Å². The third-order valence-corrected chi connectivity index (χ3v) is 4.07. The molecule has 0 unspecified atom stereocenters. The predicted molar refractivity (Wildman–Crippen MR) is 85.9 cm³/mol. The Morgan fingerprint density at radius 1 is 1.12 bits per heavy atom. The number of carbonyl (C=O) groups excluding carboxylic acids is 2. The van der Waals surface area contributed by atoms with Crippen LogP contribution in [0.1, 0.15) is 12.5 Å². The van der Waals surface area contributed by atoms with E-state index in [9.17, 15) is 18.4 Å². The average molecular weight is 346 g/mol. The van der Waals surface area contributed by atoms with Crippen LogP contribution in [-0.2, 0) is 10.3 Å². The van der Waals surface area contributed by atoms with E-state index in [2.05, 4.69) is 5.32 Å². The number of imide groups is 1. The van der Waals surface area contributed by atoms with Crippen LogP contribution in [0.25, 0.3) is 0 Å². The summed E-state index contributed by atoms with van der Waals surface area (Å²) in [6, 6.07) is 11.1. The predicted octanol–water partition coefficient (Wildman–Crippen LogP) is 2.81. The van der Waals surface area contributed by atoms with Crippen molar-refractivity contribution in [1.82, 2.24) is 10.2 Å². The minimum Gasteiger partial charge on any atom is -0.492 e. The van der Waals surface area contributed by atoms with Crippen LogP contribution in [-0.4, -0.2) is 30.0 Å². The number of hydrogen-bond acceptors (Lipinski definition) is 3. The van der Waals surface area contributed by atoms with E-state index in [1.165, 1.54) is 6.92 Å². The Labute approximate surface area is 143 Å². The number of halogens is 2. The van der Waals surface area contributed by atoms with Gasteiger partial charge in [0.15, 0.2) is 0 Å². The second kappa shape index (κ2) is 6.51. The fourth-order valence-corrected chi connectivity index (χ4v) is 2.73. The quantitative estimate of drug-likeness (QED) is 0.847. The topological polar surface area (TPSA) is 58.6 Å². The van der Waals surface area contributed by atoms with Gasteiger partial charge in [0.2, 0.25) is 0 Å². The van der Waals surface area contributed by atoms with Gasteiger partial charge in [0, 0.05) is 5.56 Å². The molecule has 1 heterocycles. The minimum absolute atomic E-state index is 0.00785. The van der Waals surface area contributed by atoms with Crippen molar-refractivity contribution >= 4 is 11.9 Å². The zero-order chi connectivity index (χ0) is 18.0. The summed E-state index contributed by atoms with van der Waals surface area (Å²) in [5.74, 6) is -1.50. The van der Waals surface area contributed by atoms with Crippen LogP contribution in [0.4, 0.5) is 13.6 Å². The molecule has 5 nitrogen and oxygen atoms in total. The Balaban J connectivity index is 1.74. The highest BCUT2D eigenvalue weighted by molar-refractivity contribution is 6.07. The van der Waals surface area contributed by atoms with Crippen LogP contribution in [0.2, 0.25) is 0 Å². The van der Waals surface area contributed by atoms with Gasteiger partial charge < -0.3 is 10.1 Å².